The fraction of sp³-hybridized carbons (Fsp3) is 0.827. The quantitative estimate of drug-likeness (QED) is 0.0230. The molecule has 0 aromatic carbocycles. The Morgan fingerprint density at radius 2 is 0.968 bits per heavy atom. The van der Waals surface area contributed by atoms with Gasteiger partial charge in [-0.05, 0) is 64.2 Å². The minimum absolute atomic E-state index is 0.0418. The van der Waals surface area contributed by atoms with Crippen molar-refractivity contribution in [2.24, 2.45) is 5.73 Å². The second-order valence-electron chi connectivity index (χ2n) is 17.6. The van der Waals surface area contributed by atoms with E-state index in [4.69, 9.17) is 14.8 Å². The number of carbonyl (C=O) groups excluding carboxylic acids is 1. The van der Waals surface area contributed by atoms with Crippen LogP contribution in [0.5, 0.6) is 0 Å². The van der Waals surface area contributed by atoms with Gasteiger partial charge in [0.25, 0.3) is 0 Å². The van der Waals surface area contributed by atoms with Gasteiger partial charge >= 0.3 is 7.82 Å². The summed E-state index contributed by atoms with van der Waals surface area (Å²) in [7, 11) is -4.42. The van der Waals surface area contributed by atoms with Crippen LogP contribution >= 0.6 is 7.82 Å². The van der Waals surface area contributed by atoms with E-state index in [-0.39, 0.29) is 19.6 Å². The molecule has 0 bridgehead atoms. The van der Waals surface area contributed by atoms with Crippen LogP contribution in [-0.2, 0) is 18.4 Å². The largest absolute Gasteiger partial charge is 0.472 e. The lowest BCUT2D eigenvalue weighted by Crippen LogP contribution is -2.46. The molecule has 0 aromatic rings. The van der Waals surface area contributed by atoms with Gasteiger partial charge in [0.1, 0.15) is 0 Å². The fourth-order valence-electron chi connectivity index (χ4n) is 7.52. The third kappa shape index (κ3) is 45.0. The molecule has 0 aromatic heterocycles. The van der Waals surface area contributed by atoms with Crippen LogP contribution in [0.4, 0.5) is 0 Å². The van der Waals surface area contributed by atoms with Crippen molar-refractivity contribution in [3.05, 3.63) is 48.6 Å². The van der Waals surface area contributed by atoms with Crippen molar-refractivity contribution in [2.45, 2.75) is 257 Å². The monoisotopic (exact) mass is 895 g/mol. The van der Waals surface area contributed by atoms with Gasteiger partial charge in [-0.1, -0.05) is 217 Å². The van der Waals surface area contributed by atoms with Gasteiger partial charge < -0.3 is 26.2 Å². The topological polar surface area (TPSA) is 151 Å². The molecule has 0 radical (unpaired) electrons. The van der Waals surface area contributed by atoms with Crippen molar-refractivity contribution in [1.82, 2.24) is 5.32 Å². The molecule has 0 saturated heterocycles. The highest BCUT2D eigenvalue weighted by Crippen LogP contribution is 2.43. The van der Waals surface area contributed by atoms with E-state index in [2.05, 4.69) is 55.6 Å². The van der Waals surface area contributed by atoms with Gasteiger partial charge in [0.05, 0.1) is 37.9 Å². The van der Waals surface area contributed by atoms with Crippen molar-refractivity contribution < 1.29 is 33.5 Å². The molecule has 364 valence electrons. The minimum atomic E-state index is -4.42. The highest BCUT2D eigenvalue weighted by atomic mass is 31.2. The van der Waals surface area contributed by atoms with Crippen molar-refractivity contribution in [3.63, 3.8) is 0 Å². The van der Waals surface area contributed by atoms with E-state index >= 15 is 0 Å². The van der Waals surface area contributed by atoms with Gasteiger partial charge in [0.15, 0.2) is 0 Å². The predicted octanol–water partition coefficient (Wildman–Crippen LogP) is 14.2. The number of allylic oxidation sites excluding steroid dienone is 7. The molecule has 4 unspecified atom stereocenters. The summed E-state index contributed by atoms with van der Waals surface area (Å²) < 4.78 is 22.2. The number of hydrogen-bond donors (Lipinski definition) is 5. The zero-order valence-electron chi connectivity index (χ0n) is 40.2. The van der Waals surface area contributed by atoms with E-state index in [1.165, 1.54) is 148 Å². The second kappa shape index (κ2) is 47.4. The third-order valence-corrected chi connectivity index (χ3v) is 12.4. The van der Waals surface area contributed by atoms with Crippen LogP contribution in [-0.4, -0.2) is 59.0 Å². The molecular weight excluding hydrogens is 796 g/mol. The normalized spacial score (nSPS) is 14.7. The molecule has 4 atom stereocenters. The van der Waals surface area contributed by atoms with Gasteiger partial charge in [0, 0.05) is 6.54 Å². The van der Waals surface area contributed by atoms with Crippen LogP contribution in [0.25, 0.3) is 0 Å². The molecule has 6 N–H and O–H groups in total. The van der Waals surface area contributed by atoms with E-state index in [1.54, 1.807) is 6.08 Å². The Morgan fingerprint density at radius 3 is 1.44 bits per heavy atom. The molecule has 10 heteroatoms. The molecule has 0 heterocycles. The van der Waals surface area contributed by atoms with E-state index in [0.717, 1.165) is 57.8 Å². The summed E-state index contributed by atoms with van der Waals surface area (Å²) in [5, 5.41) is 24.1. The van der Waals surface area contributed by atoms with Crippen LogP contribution in [0.3, 0.4) is 0 Å². The zero-order chi connectivity index (χ0) is 45.5. The number of nitrogens with two attached hydrogens (primary N) is 1. The summed E-state index contributed by atoms with van der Waals surface area (Å²) >= 11 is 0. The third-order valence-electron chi connectivity index (χ3n) is 11.4. The molecule has 0 aliphatic carbocycles. The Kier molecular flexibility index (Phi) is 46.2. The SMILES string of the molecule is CCCCCCCCCCC/C=C\C/C=C\CCCCCCCC(O)CC(=O)NC(COP(=O)(O)OCCN)C(O)/C=C/CC/C=C/CCCCCCCCCCCCCCC. The lowest BCUT2D eigenvalue weighted by Gasteiger charge is -2.24. The molecule has 0 aliphatic rings. The van der Waals surface area contributed by atoms with Gasteiger partial charge in [-0.3, -0.25) is 13.8 Å². The maximum absolute atomic E-state index is 12.9. The molecule has 0 fully saturated rings. The summed E-state index contributed by atoms with van der Waals surface area (Å²) in [5.41, 5.74) is 5.38. The van der Waals surface area contributed by atoms with Crippen LogP contribution in [0.2, 0.25) is 0 Å². The van der Waals surface area contributed by atoms with Crippen molar-refractivity contribution in [3.8, 4) is 0 Å². The van der Waals surface area contributed by atoms with Gasteiger partial charge in [0.2, 0.25) is 5.91 Å². The summed E-state index contributed by atoms with van der Waals surface area (Å²) in [6.45, 7) is 3.97. The first-order valence-electron chi connectivity index (χ1n) is 25.8. The Morgan fingerprint density at radius 1 is 0.565 bits per heavy atom. The van der Waals surface area contributed by atoms with E-state index < -0.39 is 38.6 Å². The number of aliphatic hydroxyl groups excluding tert-OH is 2. The van der Waals surface area contributed by atoms with Crippen molar-refractivity contribution in [2.75, 3.05) is 19.8 Å². The maximum Gasteiger partial charge on any atom is 0.472 e. The average Bonchev–Trinajstić information content (AvgIpc) is 3.25. The van der Waals surface area contributed by atoms with Gasteiger partial charge in [-0.15, -0.1) is 0 Å². The number of aliphatic hydroxyl groups is 2. The number of amides is 1. The summed E-state index contributed by atoms with van der Waals surface area (Å²) in [4.78, 5) is 22.9. The number of hydrogen-bond acceptors (Lipinski definition) is 7. The number of phosphoric acid groups is 1. The first-order chi connectivity index (χ1) is 30.3. The lowest BCUT2D eigenvalue weighted by atomic mass is 10.0. The van der Waals surface area contributed by atoms with E-state index in [9.17, 15) is 24.5 Å². The highest BCUT2D eigenvalue weighted by molar-refractivity contribution is 7.47. The zero-order valence-corrected chi connectivity index (χ0v) is 41.1. The summed E-state index contributed by atoms with van der Waals surface area (Å²) in [5.74, 6) is -0.463. The summed E-state index contributed by atoms with van der Waals surface area (Å²) in [6.07, 6.45) is 56.4. The second-order valence-corrected chi connectivity index (χ2v) is 19.0. The van der Waals surface area contributed by atoms with Crippen LogP contribution < -0.4 is 11.1 Å². The number of carbonyl (C=O) groups is 1. The Balaban J connectivity index is 4.27. The van der Waals surface area contributed by atoms with E-state index in [1.807, 2.05) is 6.08 Å². The first kappa shape index (κ1) is 60.4. The van der Waals surface area contributed by atoms with Gasteiger partial charge in [-0.2, -0.15) is 0 Å². The van der Waals surface area contributed by atoms with Crippen molar-refractivity contribution >= 4 is 13.7 Å². The lowest BCUT2D eigenvalue weighted by molar-refractivity contribution is -0.124. The minimum Gasteiger partial charge on any atom is -0.393 e. The Hall–Kier alpha value is -1.58. The number of rotatable bonds is 48. The molecule has 9 nitrogen and oxygen atoms in total. The molecule has 0 spiro atoms. The first-order valence-corrected chi connectivity index (χ1v) is 27.3. The van der Waals surface area contributed by atoms with Crippen LogP contribution in [0, 0.1) is 0 Å². The van der Waals surface area contributed by atoms with Crippen LogP contribution in [0.1, 0.15) is 239 Å². The fourth-order valence-corrected chi connectivity index (χ4v) is 8.28. The molecule has 1 amide bonds. The van der Waals surface area contributed by atoms with Crippen LogP contribution in [0.15, 0.2) is 48.6 Å². The number of nitrogens with one attached hydrogen (secondary N) is 1. The molecule has 0 rings (SSSR count). The maximum atomic E-state index is 12.9. The Bertz CT molecular complexity index is 1130. The molecule has 0 saturated carbocycles. The van der Waals surface area contributed by atoms with Crippen molar-refractivity contribution in [1.29, 1.82) is 0 Å². The molecular formula is C52H99N2O7P. The van der Waals surface area contributed by atoms with Gasteiger partial charge in [-0.25, -0.2) is 4.57 Å². The number of phosphoric ester groups is 1. The highest BCUT2D eigenvalue weighted by Gasteiger charge is 2.27. The predicted molar refractivity (Wildman–Crippen MR) is 264 cm³/mol. The number of unbranched alkanes of at least 4 members (excludes halogenated alkanes) is 28. The average molecular weight is 895 g/mol. The Labute approximate surface area is 382 Å². The molecule has 0 aliphatic heterocycles. The standard InChI is InChI=1S/C52H99N2O7P/c1-3-5-7-9-11-13-15-17-19-21-23-24-26-27-29-31-33-35-37-39-41-43-49(55)47-52(57)54-50(48-61-62(58,59)60-46-45-53)51(56)44-42-40-38-36-34-32-30-28-25-22-20-18-16-14-12-10-8-6-4-2/h23-24,27,29,34,36,42,44,49-51,55-56H,3-22,25-26,28,30-33,35,37-41,43,45-48,53H2,1-2H3,(H,54,57)(H,58,59)/b24-23-,29-27-,36-34+,44-42+. The smallest absolute Gasteiger partial charge is 0.393 e. The van der Waals surface area contributed by atoms with E-state index in [0.29, 0.717) is 12.8 Å². The summed E-state index contributed by atoms with van der Waals surface area (Å²) in [6, 6.07) is -1.01. The molecule has 62 heavy (non-hydrogen) atoms.